The van der Waals surface area contributed by atoms with Gasteiger partial charge in [0.2, 0.25) is 5.91 Å². The lowest BCUT2D eigenvalue weighted by atomic mass is 10.00. The number of ether oxygens (including phenoxy) is 1. The summed E-state index contributed by atoms with van der Waals surface area (Å²) in [5.74, 6) is 0.221. The van der Waals surface area contributed by atoms with Crippen molar-refractivity contribution in [2.75, 3.05) is 18.1 Å². The van der Waals surface area contributed by atoms with Crippen molar-refractivity contribution < 1.29 is 9.53 Å². The Kier molecular flexibility index (Phi) is 3.83. The van der Waals surface area contributed by atoms with E-state index in [0.717, 1.165) is 44.5 Å². The van der Waals surface area contributed by atoms with Gasteiger partial charge < -0.3 is 9.64 Å². The van der Waals surface area contributed by atoms with E-state index < -0.39 is 0 Å². The van der Waals surface area contributed by atoms with Crippen molar-refractivity contribution in [1.29, 1.82) is 0 Å². The maximum absolute atomic E-state index is 12.5. The first kappa shape index (κ1) is 12.7. The summed E-state index contributed by atoms with van der Waals surface area (Å²) < 4.78 is 5.68. The molecule has 19 heavy (non-hydrogen) atoms. The molecule has 2 aliphatic heterocycles. The highest BCUT2D eigenvalue weighted by Crippen LogP contribution is 2.28. The van der Waals surface area contributed by atoms with Gasteiger partial charge in [-0.2, -0.15) is 0 Å². The topological polar surface area (TPSA) is 29.5 Å². The first-order chi connectivity index (χ1) is 9.34. The minimum atomic E-state index is 0.135. The first-order valence-corrected chi connectivity index (χ1v) is 7.34. The Morgan fingerprint density at radius 3 is 3.00 bits per heavy atom. The number of hydrogen-bond acceptors (Lipinski definition) is 2. The Balaban J connectivity index is 1.70. The van der Waals surface area contributed by atoms with E-state index in [9.17, 15) is 4.79 Å². The van der Waals surface area contributed by atoms with Crippen LogP contribution in [0.15, 0.2) is 24.3 Å². The molecule has 1 fully saturated rings. The average Bonchev–Trinajstić information content (AvgIpc) is 2.47. The van der Waals surface area contributed by atoms with E-state index in [1.165, 1.54) is 12.0 Å². The lowest BCUT2D eigenvalue weighted by Gasteiger charge is -2.31. The lowest BCUT2D eigenvalue weighted by molar-refractivity contribution is -0.122. The molecular formula is C16H21NO2. The number of aryl methyl sites for hydroxylation is 1. The third-order valence-corrected chi connectivity index (χ3v) is 4.09. The van der Waals surface area contributed by atoms with Crippen LogP contribution >= 0.6 is 0 Å². The van der Waals surface area contributed by atoms with Gasteiger partial charge in [0.1, 0.15) is 0 Å². The molecule has 3 heteroatoms. The molecule has 3 rings (SSSR count). The van der Waals surface area contributed by atoms with Gasteiger partial charge in [-0.3, -0.25) is 4.79 Å². The van der Waals surface area contributed by atoms with Crippen LogP contribution in [0.25, 0.3) is 0 Å². The zero-order valence-electron chi connectivity index (χ0n) is 11.3. The molecule has 0 radical (unpaired) electrons. The largest absolute Gasteiger partial charge is 0.378 e. The molecule has 0 aromatic heterocycles. The van der Waals surface area contributed by atoms with Gasteiger partial charge in [0.15, 0.2) is 0 Å². The van der Waals surface area contributed by atoms with Crippen molar-refractivity contribution in [3.05, 3.63) is 29.8 Å². The number of nitrogens with zero attached hydrogens (tertiary/aromatic N) is 1. The summed E-state index contributed by atoms with van der Waals surface area (Å²) in [6.45, 7) is 1.66. The summed E-state index contributed by atoms with van der Waals surface area (Å²) in [6.07, 6.45) is 6.17. The number of hydrogen-bond donors (Lipinski definition) is 0. The van der Waals surface area contributed by atoms with Crippen LogP contribution in [0.5, 0.6) is 0 Å². The van der Waals surface area contributed by atoms with Crippen LogP contribution in [0.3, 0.4) is 0 Å². The van der Waals surface area contributed by atoms with Crippen molar-refractivity contribution in [3.63, 3.8) is 0 Å². The zero-order chi connectivity index (χ0) is 13.1. The molecule has 1 unspecified atom stereocenters. The van der Waals surface area contributed by atoms with Crippen LogP contribution in [0.1, 0.15) is 37.7 Å². The summed E-state index contributed by atoms with van der Waals surface area (Å²) in [5, 5.41) is 0. The molecule has 3 nitrogen and oxygen atoms in total. The molecule has 1 aromatic rings. The van der Waals surface area contributed by atoms with Crippen molar-refractivity contribution in [2.45, 2.75) is 44.6 Å². The Hall–Kier alpha value is -1.35. The Morgan fingerprint density at radius 1 is 1.26 bits per heavy atom. The van der Waals surface area contributed by atoms with E-state index in [-0.39, 0.29) is 12.0 Å². The first-order valence-electron chi connectivity index (χ1n) is 7.34. The van der Waals surface area contributed by atoms with Crippen molar-refractivity contribution >= 4 is 11.6 Å². The Morgan fingerprint density at radius 2 is 2.16 bits per heavy atom. The van der Waals surface area contributed by atoms with E-state index >= 15 is 0 Å². The number of rotatable bonds is 2. The highest BCUT2D eigenvalue weighted by molar-refractivity contribution is 5.94. The van der Waals surface area contributed by atoms with Gasteiger partial charge in [-0.1, -0.05) is 18.2 Å². The van der Waals surface area contributed by atoms with E-state index in [4.69, 9.17) is 4.74 Å². The van der Waals surface area contributed by atoms with Gasteiger partial charge in [0.25, 0.3) is 0 Å². The molecule has 1 saturated heterocycles. The molecule has 0 saturated carbocycles. The molecule has 0 bridgehead atoms. The number of benzene rings is 1. The number of fused-ring (bicyclic) bond motifs is 1. The van der Waals surface area contributed by atoms with Crippen LogP contribution in [0.4, 0.5) is 5.69 Å². The Labute approximate surface area is 114 Å². The molecule has 0 aliphatic carbocycles. The number of anilines is 1. The van der Waals surface area contributed by atoms with Crippen molar-refractivity contribution in [2.24, 2.45) is 0 Å². The molecule has 2 heterocycles. The molecule has 0 spiro atoms. The summed E-state index contributed by atoms with van der Waals surface area (Å²) >= 11 is 0. The molecule has 1 atom stereocenters. The fraction of sp³-hybridized carbons (Fsp3) is 0.562. The molecule has 1 amide bonds. The SMILES string of the molecule is O=C(CC1CCCCO1)N1CCCc2ccccc21. The van der Waals surface area contributed by atoms with Crippen LogP contribution in [0, 0.1) is 0 Å². The van der Waals surface area contributed by atoms with E-state index in [1.54, 1.807) is 0 Å². The standard InChI is InChI=1S/C16H21NO2/c18-16(12-14-8-3-4-11-19-14)17-10-5-7-13-6-1-2-9-15(13)17/h1-2,6,9,14H,3-5,7-8,10-12H2. The smallest absolute Gasteiger partial charge is 0.229 e. The van der Waals surface area contributed by atoms with Gasteiger partial charge in [0, 0.05) is 18.8 Å². The van der Waals surface area contributed by atoms with Crippen LogP contribution < -0.4 is 4.90 Å². The maximum atomic E-state index is 12.5. The lowest BCUT2D eigenvalue weighted by Crippen LogP contribution is -2.38. The van der Waals surface area contributed by atoms with E-state index in [0.29, 0.717) is 6.42 Å². The monoisotopic (exact) mass is 259 g/mol. The predicted molar refractivity (Wildman–Crippen MR) is 75.3 cm³/mol. The van der Waals surface area contributed by atoms with Gasteiger partial charge in [-0.15, -0.1) is 0 Å². The van der Waals surface area contributed by atoms with Crippen molar-refractivity contribution in [3.8, 4) is 0 Å². The minimum Gasteiger partial charge on any atom is -0.378 e. The van der Waals surface area contributed by atoms with Gasteiger partial charge in [-0.05, 0) is 43.7 Å². The van der Waals surface area contributed by atoms with Crippen LogP contribution in [0.2, 0.25) is 0 Å². The second-order valence-corrected chi connectivity index (χ2v) is 5.47. The number of carbonyl (C=O) groups excluding carboxylic acids is 1. The number of amides is 1. The third-order valence-electron chi connectivity index (χ3n) is 4.09. The fourth-order valence-corrected chi connectivity index (χ4v) is 3.07. The number of carbonyl (C=O) groups is 1. The van der Waals surface area contributed by atoms with E-state index in [2.05, 4.69) is 18.2 Å². The second-order valence-electron chi connectivity index (χ2n) is 5.47. The number of para-hydroxylation sites is 1. The molecule has 1 aromatic carbocycles. The van der Waals surface area contributed by atoms with Gasteiger partial charge in [-0.25, -0.2) is 0 Å². The van der Waals surface area contributed by atoms with E-state index in [1.807, 2.05) is 11.0 Å². The predicted octanol–water partition coefficient (Wildman–Crippen LogP) is 2.93. The second kappa shape index (κ2) is 5.74. The summed E-state index contributed by atoms with van der Waals surface area (Å²) in [5.41, 5.74) is 2.40. The molecule has 102 valence electrons. The van der Waals surface area contributed by atoms with Crippen LogP contribution in [-0.2, 0) is 16.0 Å². The highest BCUT2D eigenvalue weighted by atomic mass is 16.5. The zero-order valence-corrected chi connectivity index (χ0v) is 11.3. The summed E-state index contributed by atoms with van der Waals surface area (Å²) in [4.78, 5) is 14.4. The molecular weight excluding hydrogens is 238 g/mol. The summed E-state index contributed by atoms with van der Waals surface area (Å²) in [7, 11) is 0. The molecule has 2 aliphatic rings. The van der Waals surface area contributed by atoms with Crippen molar-refractivity contribution in [1.82, 2.24) is 0 Å². The normalized spacial score (nSPS) is 22.9. The maximum Gasteiger partial charge on any atom is 0.229 e. The third kappa shape index (κ3) is 2.81. The van der Waals surface area contributed by atoms with Crippen LogP contribution in [-0.4, -0.2) is 25.2 Å². The quantitative estimate of drug-likeness (QED) is 0.817. The Bertz CT molecular complexity index is 452. The average molecular weight is 259 g/mol. The molecule has 0 N–H and O–H groups in total. The highest BCUT2D eigenvalue weighted by Gasteiger charge is 2.25. The fourth-order valence-electron chi connectivity index (χ4n) is 3.07. The minimum absolute atomic E-state index is 0.135. The van der Waals surface area contributed by atoms with Gasteiger partial charge >= 0.3 is 0 Å². The van der Waals surface area contributed by atoms with Gasteiger partial charge in [0.05, 0.1) is 12.5 Å². The summed E-state index contributed by atoms with van der Waals surface area (Å²) in [6, 6.07) is 8.26.